The summed E-state index contributed by atoms with van der Waals surface area (Å²) in [4.78, 5) is 60.7. The van der Waals surface area contributed by atoms with E-state index in [0.717, 1.165) is 23.5 Å². The van der Waals surface area contributed by atoms with Crippen molar-refractivity contribution in [2.24, 2.45) is 5.16 Å². The summed E-state index contributed by atoms with van der Waals surface area (Å²) < 4.78 is 5.14. The van der Waals surface area contributed by atoms with Crippen LogP contribution in [-0.2, 0) is 28.8 Å². The monoisotopic (exact) mass is 557 g/mol. The fourth-order valence-electron chi connectivity index (χ4n) is 3.26. The van der Waals surface area contributed by atoms with Crippen LogP contribution in [0.15, 0.2) is 21.1 Å². The molecule has 0 aromatic carbocycles. The molecule has 2 aliphatic rings. The maximum Gasteiger partial charge on any atom is 0.353 e. The quantitative estimate of drug-likeness (QED) is 0.165. The Morgan fingerprint density at radius 2 is 2.11 bits per heavy atom. The van der Waals surface area contributed by atoms with Gasteiger partial charge < -0.3 is 25.7 Å². The number of rotatable bonds is 10. The van der Waals surface area contributed by atoms with Crippen LogP contribution >= 0.6 is 34.9 Å². The van der Waals surface area contributed by atoms with E-state index in [9.17, 15) is 24.3 Å². The van der Waals surface area contributed by atoms with Crippen LogP contribution in [0.4, 0.5) is 5.13 Å². The van der Waals surface area contributed by atoms with Crippen LogP contribution in [0.5, 0.6) is 0 Å². The van der Waals surface area contributed by atoms with Gasteiger partial charge in [0.2, 0.25) is 6.61 Å². The van der Waals surface area contributed by atoms with Crippen molar-refractivity contribution in [3.05, 3.63) is 21.7 Å². The number of anilines is 1. The minimum absolute atomic E-state index is 0.0467. The maximum atomic E-state index is 13.1. The summed E-state index contributed by atoms with van der Waals surface area (Å²) in [6, 6.07) is -0.971. The van der Waals surface area contributed by atoms with Crippen LogP contribution < -0.4 is 11.1 Å². The number of nitrogen functional groups attached to an aromatic ring is 1. The second-order valence-electron chi connectivity index (χ2n) is 8.66. The van der Waals surface area contributed by atoms with Crippen molar-refractivity contribution in [2.45, 2.75) is 51.1 Å². The molecule has 4 N–H and O–H groups in total. The van der Waals surface area contributed by atoms with Crippen LogP contribution in [0.2, 0.25) is 0 Å². The number of thioether (sulfide) groups is 2. The number of nitrogens with two attached hydrogens (primary N) is 1. The number of nitrogens with zero attached hydrogens (tertiary/aromatic N) is 3. The van der Waals surface area contributed by atoms with E-state index in [1.54, 1.807) is 20.8 Å². The molecule has 0 spiro atoms. The fraction of sp³-hybridized carbons (Fsp3) is 0.524. The third-order valence-corrected chi connectivity index (χ3v) is 8.08. The summed E-state index contributed by atoms with van der Waals surface area (Å²) >= 11 is 3.85. The van der Waals surface area contributed by atoms with Crippen LogP contribution in [0.25, 0.3) is 0 Å². The lowest BCUT2D eigenvalue weighted by atomic mass is 10.0. The SMILES string of the molecule is CCCSC1=C(C(=O)O)N2C(=O)C(NC(=O)C(=NOCC(=O)OC(C)(C)C)c3csc(N)n3)[C@@H]2SC1. The molecule has 3 heterocycles. The Labute approximate surface area is 220 Å². The van der Waals surface area contributed by atoms with Gasteiger partial charge in [0.1, 0.15) is 28.4 Å². The molecule has 0 aliphatic carbocycles. The highest BCUT2D eigenvalue weighted by molar-refractivity contribution is 8.06. The normalized spacial score (nSPS) is 19.9. The standard InChI is InChI=1S/C21H27N5O7S3/c1-5-6-34-11-9-35-18-14(17(29)26(18)15(11)19(30)31)24-16(28)13(10-8-36-20(22)23-10)25-32-7-12(27)33-21(2,3)4/h8,14,18H,5-7,9H2,1-4H3,(H2,22,23)(H,24,28)(H,30,31)/t14?,18-/m0/s1. The molecule has 1 fully saturated rings. The largest absolute Gasteiger partial charge is 0.477 e. The number of carbonyl (C=O) groups excluding carboxylic acids is 3. The highest BCUT2D eigenvalue weighted by Crippen LogP contribution is 2.43. The van der Waals surface area contributed by atoms with Crippen molar-refractivity contribution < 1.29 is 33.9 Å². The Hall–Kier alpha value is -2.78. The Morgan fingerprint density at radius 1 is 1.39 bits per heavy atom. The summed E-state index contributed by atoms with van der Waals surface area (Å²) in [5.41, 5.74) is 4.73. The molecule has 2 atom stereocenters. The summed E-state index contributed by atoms with van der Waals surface area (Å²) in [7, 11) is 0. The van der Waals surface area contributed by atoms with E-state index >= 15 is 0 Å². The van der Waals surface area contributed by atoms with Crippen molar-refractivity contribution in [2.75, 3.05) is 23.8 Å². The number of carbonyl (C=O) groups is 4. The first-order chi connectivity index (χ1) is 16.9. The molecule has 1 aromatic heterocycles. The second kappa shape index (κ2) is 11.5. The van der Waals surface area contributed by atoms with E-state index in [4.69, 9.17) is 15.3 Å². The molecule has 1 unspecified atom stereocenters. The fourth-order valence-corrected chi connectivity index (χ4v) is 6.31. The highest BCUT2D eigenvalue weighted by atomic mass is 32.2. The summed E-state index contributed by atoms with van der Waals surface area (Å²) in [5.74, 6) is -2.05. The number of amides is 2. The smallest absolute Gasteiger partial charge is 0.353 e. The molecule has 36 heavy (non-hydrogen) atoms. The lowest BCUT2D eigenvalue weighted by Crippen LogP contribution is -2.71. The van der Waals surface area contributed by atoms with Gasteiger partial charge in [-0.05, 0) is 32.9 Å². The van der Waals surface area contributed by atoms with Gasteiger partial charge in [-0.25, -0.2) is 14.6 Å². The third-order valence-electron chi connectivity index (χ3n) is 4.64. The highest BCUT2D eigenvalue weighted by Gasteiger charge is 2.54. The van der Waals surface area contributed by atoms with E-state index in [2.05, 4.69) is 15.5 Å². The molecular weight excluding hydrogens is 530 g/mol. The van der Waals surface area contributed by atoms with E-state index in [0.29, 0.717) is 10.7 Å². The number of thiazole rings is 1. The number of β-lactam (4-membered cyclic amide) rings is 1. The van der Waals surface area contributed by atoms with Gasteiger partial charge in [0.25, 0.3) is 11.8 Å². The number of hydrogen-bond donors (Lipinski definition) is 3. The van der Waals surface area contributed by atoms with Crippen molar-refractivity contribution in [1.82, 2.24) is 15.2 Å². The average molecular weight is 558 g/mol. The topological polar surface area (TPSA) is 174 Å². The molecular formula is C21H27N5O7S3. The van der Waals surface area contributed by atoms with Crippen LogP contribution in [0.3, 0.4) is 0 Å². The van der Waals surface area contributed by atoms with Gasteiger partial charge in [0.05, 0.1) is 0 Å². The summed E-state index contributed by atoms with van der Waals surface area (Å²) in [5, 5.41) is 17.1. The van der Waals surface area contributed by atoms with Crippen LogP contribution in [0.1, 0.15) is 39.8 Å². The first-order valence-electron chi connectivity index (χ1n) is 10.9. The molecule has 0 saturated carbocycles. The lowest BCUT2D eigenvalue weighted by Gasteiger charge is -2.49. The zero-order valence-electron chi connectivity index (χ0n) is 20.1. The molecule has 0 bridgehead atoms. The van der Waals surface area contributed by atoms with Crippen LogP contribution in [-0.4, -0.2) is 79.6 Å². The molecule has 1 aromatic rings. The second-order valence-corrected chi connectivity index (χ2v) is 11.8. The first kappa shape index (κ1) is 27.8. The molecule has 2 aliphatic heterocycles. The Kier molecular flexibility index (Phi) is 8.89. The minimum Gasteiger partial charge on any atom is -0.477 e. The van der Waals surface area contributed by atoms with Crippen molar-refractivity contribution >= 4 is 69.5 Å². The number of ether oxygens (including phenoxy) is 1. The number of oxime groups is 1. The molecule has 2 amide bonds. The van der Waals surface area contributed by atoms with E-state index in [1.807, 2.05) is 6.92 Å². The molecule has 0 radical (unpaired) electrons. The van der Waals surface area contributed by atoms with Gasteiger partial charge in [0.15, 0.2) is 10.8 Å². The number of carboxylic acid groups (broad SMARTS) is 1. The number of aromatic nitrogens is 1. The maximum absolute atomic E-state index is 13.1. The zero-order valence-corrected chi connectivity index (χ0v) is 22.6. The number of nitrogens with one attached hydrogen (secondary N) is 1. The Bertz CT molecular complexity index is 1110. The van der Waals surface area contributed by atoms with Gasteiger partial charge in [-0.1, -0.05) is 12.1 Å². The number of esters is 1. The Balaban J connectivity index is 1.74. The molecule has 3 rings (SSSR count). The lowest BCUT2D eigenvalue weighted by molar-refractivity contribution is -0.160. The zero-order chi connectivity index (χ0) is 26.6. The van der Waals surface area contributed by atoms with Crippen molar-refractivity contribution in [3.8, 4) is 0 Å². The summed E-state index contributed by atoms with van der Waals surface area (Å²) in [6.45, 7) is 6.53. The summed E-state index contributed by atoms with van der Waals surface area (Å²) in [6.07, 6.45) is 0.862. The van der Waals surface area contributed by atoms with Gasteiger partial charge >= 0.3 is 11.9 Å². The van der Waals surface area contributed by atoms with Crippen LogP contribution in [0, 0.1) is 0 Å². The Morgan fingerprint density at radius 3 is 2.69 bits per heavy atom. The van der Waals surface area contributed by atoms with Gasteiger partial charge in [-0.2, -0.15) is 0 Å². The predicted molar refractivity (Wildman–Crippen MR) is 137 cm³/mol. The van der Waals surface area contributed by atoms with Gasteiger partial charge in [0, 0.05) is 16.0 Å². The van der Waals surface area contributed by atoms with E-state index in [1.165, 1.54) is 33.8 Å². The van der Waals surface area contributed by atoms with Crippen molar-refractivity contribution in [1.29, 1.82) is 0 Å². The number of aliphatic carboxylic acids is 1. The minimum atomic E-state index is -1.19. The predicted octanol–water partition coefficient (Wildman–Crippen LogP) is 1.63. The molecule has 196 valence electrons. The first-order valence-corrected chi connectivity index (χ1v) is 13.8. The number of fused-ring (bicyclic) bond motifs is 1. The molecule has 1 saturated heterocycles. The van der Waals surface area contributed by atoms with E-state index < -0.39 is 47.4 Å². The number of hydrogen-bond acceptors (Lipinski definition) is 12. The number of carboxylic acids is 1. The van der Waals surface area contributed by atoms with Gasteiger partial charge in [-0.15, -0.1) is 34.9 Å². The molecule has 12 nitrogen and oxygen atoms in total. The third kappa shape index (κ3) is 6.50. The average Bonchev–Trinajstić information content (AvgIpc) is 3.22. The van der Waals surface area contributed by atoms with Gasteiger partial charge in [-0.3, -0.25) is 14.5 Å². The molecule has 15 heteroatoms. The van der Waals surface area contributed by atoms with Crippen molar-refractivity contribution in [3.63, 3.8) is 0 Å². The van der Waals surface area contributed by atoms with E-state index in [-0.39, 0.29) is 22.2 Å².